The minimum Gasteiger partial charge on any atom is -0.481 e. The molecule has 0 aromatic rings. The van der Waals surface area contributed by atoms with Crippen LogP contribution in [0.5, 0.6) is 0 Å². The second-order valence-corrected chi connectivity index (χ2v) is 5.01. The van der Waals surface area contributed by atoms with Crippen molar-refractivity contribution in [1.82, 2.24) is 10.2 Å². The van der Waals surface area contributed by atoms with Crippen molar-refractivity contribution in [2.24, 2.45) is 5.92 Å². The third-order valence-electron chi connectivity index (χ3n) is 3.27. The minimum atomic E-state index is -0.872. The number of hydrogen-bond acceptors (Lipinski definition) is 4. The van der Waals surface area contributed by atoms with E-state index in [0.29, 0.717) is 38.5 Å². The topological polar surface area (TPSA) is 95.9 Å². The number of carbonyl (C=O) groups is 3. The number of likely N-dealkylation sites (tertiary alicyclic amines) is 1. The van der Waals surface area contributed by atoms with Gasteiger partial charge < -0.3 is 14.7 Å². The SMILES string of the molecule is COCC1CCN(C(=O)NC(=O)CCCCC(=O)O)C1. The minimum absolute atomic E-state index is 0.0477. The second kappa shape index (κ2) is 8.52. The summed E-state index contributed by atoms with van der Waals surface area (Å²) >= 11 is 0. The molecule has 1 aliphatic rings. The number of carbonyl (C=O) groups excluding carboxylic acids is 2. The highest BCUT2D eigenvalue weighted by Crippen LogP contribution is 2.16. The number of carboxylic acid groups (broad SMARTS) is 1. The number of urea groups is 1. The molecule has 0 aliphatic carbocycles. The molecular formula is C13H22N2O5. The van der Waals surface area contributed by atoms with E-state index in [1.54, 1.807) is 12.0 Å². The van der Waals surface area contributed by atoms with Crippen molar-refractivity contribution < 1.29 is 24.2 Å². The number of amides is 3. The fraction of sp³-hybridized carbons (Fsp3) is 0.769. The summed E-state index contributed by atoms with van der Waals surface area (Å²) < 4.78 is 5.05. The van der Waals surface area contributed by atoms with Gasteiger partial charge in [0.25, 0.3) is 0 Å². The lowest BCUT2D eigenvalue weighted by atomic mass is 10.1. The van der Waals surface area contributed by atoms with Crippen molar-refractivity contribution in [1.29, 1.82) is 0 Å². The Morgan fingerprint density at radius 1 is 1.30 bits per heavy atom. The van der Waals surface area contributed by atoms with Crippen molar-refractivity contribution in [3.8, 4) is 0 Å². The largest absolute Gasteiger partial charge is 0.481 e. The van der Waals surface area contributed by atoms with Gasteiger partial charge >= 0.3 is 12.0 Å². The predicted octanol–water partition coefficient (Wildman–Crippen LogP) is 0.836. The highest BCUT2D eigenvalue weighted by atomic mass is 16.5. The molecule has 1 aliphatic heterocycles. The van der Waals surface area contributed by atoms with Crippen LogP contribution in [0.15, 0.2) is 0 Å². The number of unbranched alkanes of at least 4 members (excludes halogenated alkanes) is 1. The van der Waals surface area contributed by atoms with Crippen molar-refractivity contribution in [3.05, 3.63) is 0 Å². The number of methoxy groups -OCH3 is 1. The first-order chi connectivity index (χ1) is 9.52. The smallest absolute Gasteiger partial charge is 0.324 e. The number of hydrogen-bond donors (Lipinski definition) is 2. The summed E-state index contributed by atoms with van der Waals surface area (Å²) in [5.74, 6) is -0.894. The van der Waals surface area contributed by atoms with Gasteiger partial charge in [-0.05, 0) is 19.3 Å². The molecule has 2 N–H and O–H groups in total. The maximum Gasteiger partial charge on any atom is 0.324 e. The van der Waals surface area contributed by atoms with Crippen molar-refractivity contribution in [2.45, 2.75) is 32.1 Å². The molecule has 1 saturated heterocycles. The van der Waals surface area contributed by atoms with E-state index in [1.165, 1.54) is 0 Å². The van der Waals surface area contributed by atoms with Crippen LogP contribution < -0.4 is 5.32 Å². The third-order valence-corrected chi connectivity index (χ3v) is 3.27. The molecule has 0 saturated carbocycles. The van der Waals surface area contributed by atoms with Crippen molar-refractivity contribution in [2.75, 3.05) is 26.8 Å². The summed E-state index contributed by atoms with van der Waals surface area (Å²) in [6.45, 7) is 1.85. The zero-order chi connectivity index (χ0) is 15.0. The summed E-state index contributed by atoms with van der Waals surface area (Å²) in [4.78, 5) is 35.3. The molecular weight excluding hydrogens is 264 g/mol. The fourth-order valence-electron chi connectivity index (χ4n) is 2.21. The normalized spacial score (nSPS) is 18.1. The third kappa shape index (κ3) is 6.01. The Hall–Kier alpha value is -1.63. The van der Waals surface area contributed by atoms with Crippen molar-refractivity contribution in [3.63, 3.8) is 0 Å². The highest BCUT2D eigenvalue weighted by molar-refractivity contribution is 5.94. The van der Waals surface area contributed by atoms with Gasteiger partial charge in [0.2, 0.25) is 5.91 Å². The van der Waals surface area contributed by atoms with Gasteiger partial charge in [0.1, 0.15) is 0 Å². The van der Waals surface area contributed by atoms with E-state index < -0.39 is 5.97 Å². The average Bonchev–Trinajstić information content (AvgIpc) is 2.83. The predicted molar refractivity (Wildman–Crippen MR) is 71.2 cm³/mol. The molecule has 20 heavy (non-hydrogen) atoms. The zero-order valence-electron chi connectivity index (χ0n) is 11.8. The van der Waals surface area contributed by atoms with E-state index in [2.05, 4.69) is 5.32 Å². The van der Waals surface area contributed by atoms with Gasteiger partial charge in [-0.15, -0.1) is 0 Å². The van der Waals surface area contributed by atoms with Crippen LogP contribution in [0.1, 0.15) is 32.1 Å². The first-order valence-corrected chi connectivity index (χ1v) is 6.82. The molecule has 1 rings (SSSR count). The summed E-state index contributed by atoms with van der Waals surface area (Å²) in [6.07, 6.45) is 2.02. The number of aliphatic carboxylic acids is 1. The Morgan fingerprint density at radius 2 is 2.00 bits per heavy atom. The number of rotatable bonds is 7. The lowest BCUT2D eigenvalue weighted by Gasteiger charge is -2.16. The van der Waals surface area contributed by atoms with Gasteiger partial charge in [0.05, 0.1) is 6.61 Å². The van der Waals surface area contributed by atoms with Gasteiger partial charge in [-0.1, -0.05) is 0 Å². The summed E-state index contributed by atoms with van der Waals surface area (Å²) in [7, 11) is 1.63. The molecule has 0 aromatic carbocycles. The quantitative estimate of drug-likeness (QED) is 0.676. The Labute approximate surface area is 118 Å². The first-order valence-electron chi connectivity index (χ1n) is 6.82. The molecule has 1 unspecified atom stereocenters. The molecule has 0 bridgehead atoms. The summed E-state index contributed by atoms with van der Waals surface area (Å²) in [5.41, 5.74) is 0. The molecule has 1 atom stereocenters. The summed E-state index contributed by atoms with van der Waals surface area (Å²) in [5, 5.41) is 10.8. The van der Waals surface area contributed by atoms with Crippen LogP contribution >= 0.6 is 0 Å². The molecule has 114 valence electrons. The molecule has 0 spiro atoms. The maximum atomic E-state index is 11.8. The van der Waals surface area contributed by atoms with E-state index in [-0.39, 0.29) is 24.8 Å². The Balaban J connectivity index is 2.18. The van der Waals surface area contributed by atoms with E-state index in [9.17, 15) is 14.4 Å². The fourth-order valence-corrected chi connectivity index (χ4v) is 2.21. The number of imide groups is 1. The molecule has 7 heteroatoms. The average molecular weight is 286 g/mol. The van der Waals surface area contributed by atoms with E-state index >= 15 is 0 Å². The van der Waals surface area contributed by atoms with Crippen LogP contribution in [0.25, 0.3) is 0 Å². The molecule has 1 fully saturated rings. The number of ether oxygens (including phenoxy) is 1. The Morgan fingerprint density at radius 3 is 2.65 bits per heavy atom. The first kappa shape index (κ1) is 16.4. The van der Waals surface area contributed by atoms with Crippen LogP contribution in [0.4, 0.5) is 4.79 Å². The maximum absolute atomic E-state index is 11.8. The monoisotopic (exact) mass is 286 g/mol. The van der Waals surface area contributed by atoms with Gasteiger partial charge in [-0.2, -0.15) is 0 Å². The molecule has 1 heterocycles. The molecule has 3 amide bonds. The van der Waals surface area contributed by atoms with E-state index in [0.717, 1.165) is 6.42 Å². The van der Waals surface area contributed by atoms with Crippen LogP contribution in [-0.2, 0) is 14.3 Å². The lowest BCUT2D eigenvalue weighted by Crippen LogP contribution is -2.41. The zero-order valence-corrected chi connectivity index (χ0v) is 11.8. The molecule has 0 radical (unpaired) electrons. The van der Waals surface area contributed by atoms with Gasteiger partial charge in [0.15, 0.2) is 0 Å². The van der Waals surface area contributed by atoms with Crippen LogP contribution in [0, 0.1) is 5.92 Å². The van der Waals surface area contributed by atoms with Gasteiger partial charge in [-0.25, -0.2) is 4.79 Å². The number of nitrogens with one attached hydrogen (secondary N) is 1. The standard InChI is InChI=1S/C13H22N2O5/c1-20-9-10-6-7-15(8-10)13(19)14-11(16)4-2-3-5-12(17)18/h10H,2-9H2,1H3,(H,17,18)(H,14,16,19). The second-order valence-electron chi connectivity index (χ2n) is 5.01. The Bertz CT molecular complexity index is 359. The van der Waals surface area contributed by atoms with E-state index in [1.807, 2.05) is 0 Å². The molecule has 7 nitrogen and oxygen atoms in total. The highest BCUT2D eigenvalue weighted by Gasteiger charge is 2.26. The van der Waals surface area contributed by atoms with Gasteiger partial charge in [-0.3, -0.25) is 14.9 Å². The van der Waals surface area contributed by atoms with Crippen LogP contribution in [-0.4, -0.2) is 54.7 Å². The lowest BCUT2D eigenvalue weighted by molar-refractivity contribution is -0.137. The van der Waals surface area contributed by atoms with Gasteiger partial charge in [0, 0.05) is 39.0 Å². The molecule has 0 aromatic heterocycles. The van der Waals surface area contributed by atoms with Crippen LogP contribution in [0.3, 0.4) is 0 Å². The van der Waals surface area contributed by atoms with Crippen LogP contribution in [0.2, 0.25) is 0 Å². The Kier molecular flexibility index (Phi) is 7.00. The summed E-state index contributed by atoms with van der Waals surface area (Å²) in [6, 6.07) is -0.369. The van der Waals surface area contributed by atoms with Crippen molar-refractivity contribution >= 4 is 17.9 Å². The number of nitrogens with zero attached hydrogens (tertiary/aromatic N) is 1. The van der Waals surface area contributed by atoms with E-state index in [4.69, 9.17) is 9.84 Å². The number of carboxylic acids is 1.